The minimum atomic E-state index is 0.417. The van der Waals surface area contributed by atoms with Crippen molar-refractivity contribution in [3.8, 4) is 0 Å². The van der Waals surface area contributed by atoms with Gasteiger partial charge in [-0.15, -0.1) is 0 Å². The molecule has 0 aromatic carbocycles. The van der Waals surface area contributed by atoms with E-state index >= 15 is 0 Å². The molecule has 0 nitrogen and oxygen atoms in total. The minimum Gasteiger partial charge on any atom is -0.0654 e. The average molecular weight is 240 g/mol. The van der Waals surface area contributed by atoms with Gasteiger partial charge in [0.05, 0.1) is 0 Å². The Morgan fingerprint density at radius 1 is 0.824 bits per heavy atom. The number of hydrogen-bond acceptors (Lipinski definition) is 0. The van der Waals surface area contributed by atoms with Gasteiger partial charge in [-0.2, -0.15) is 0 Å². The fraction of sp³-hybridized carbons (Fsp3) is 1.00. The highest BCUT2D eigenvalue weighted by Crippen LogP contribution is 2.47. The van der Waals surface area contributed by atoms with Gasteiger partial charge >= 0.3 is 0 Å². The molecule has 0 amide bonds. The van der Waals surface area contributed by atoms with Crippen molar-refractivity contribution >= 4 is 0 Å². The van der Waals surface area contributed by atoms with E-state index in [1.54, 1.807) is 0 Å². The third kappa shape index (κ3) is 5.02. The molecule has 0 aromatic rings. The zero-order valence-electron chi connectivity index (χ0n) is 13.9. The summed E-state index contributed by atoms with van der Waals surface area (Å²) >= 11 is 0. The average Bonchev–Trinajstić information content (AvgIpc) is 2.11. The van der Waals surface area contributed by atoms with Gasteiger partial charge in [-0.1, -0.05) is 68.7 Å². The second kappa shape index (κ2) is 5.76. The van der Waals surface area contributed by atoms with Gasteiger partial charge in [0.1, 0.15) is 0 Å². The molecular weight excluding hydrogens is 204 g/mol. The van der Waals surface area contributed by atoms with E-state index in [2.05, 4.69) is 62.3 Å². The fourth-order valence-electron chi connectivity index (χ4n) is 2.39. The van der Waals surface area contributed by atoms with E-state index in [9.17, 15) is 0 Å². The second-order valence-electron chi connectivity index (χ2n) is 8.37. The van der Waals surface area contributed by atoms with Crippen LogP contribution in [0.25, 0.3) is 0 Å². The van der Waals surface area contributed by atoms with Gasteiger partial charge < -0.3 is 0 Å². The summed E-state index contributed by atoms with van der Waals surface area (Å²) in [6.45, 7) is 21.5. The first-order chi connectivity index (χ1) is 7.44. The van der Waals surface area contributed by atoms with E-state index in [0.29, 0.717) is 16.2 Å². The van der Waals surface area contributed by atoms with Crippen molar-refractivity contribution in [1.29, 1.82) is 0 Å². The molecule has 0 aliphatic carbocycles. The lowest BCUT2D eigenvalue weighted by atomic mass is 9.62. The lowest BCUT2D eigenvalue weighted by Gasteiger charge is -2.44. The molecule has 0 saturated carbocycles. The van der Waals surface area contributed by atoms with Crippen LogP contribution in [-0.2, 0) is 0 Å². The Labute approximate surface area is 111 Å². The molecule has 0 aliphatic heterocycles. The smallest absolute Gasteiger partial charge is 0.0277 e. The molecule has 0 aromatic heterocycles. The SMILES string of the molecule is CCCC(C)(CCC(C)C(C)(C)C)C(C)(C)C. The zero-order chi connectivity index (χ0) is 13.9. The largest absolute Gasteiger partial charge is 0.0654 e. The molecule has 0 spiro atoms. The molecule has 2 unspecified atom stereocenters. The Morgan fingerprint density at radius 2 is 1.29 bits per heavy atom. The summed E-state index contributed by atoms with van der Waals surface area (Å²) in [5, 5.41) is 0. The van der Waals surface area contributed by atoms with E-state index in [0.717, 1.165) is 5.92 Å². The van der Waals surface area contributed by atoms with Crippen LogP contribution in [0.4, 0.5) is 0 Å². The van der Waals surface area contributed by atoms with Crippen LogP contribution in [0.15, 0.2) is 0 Å². The quantitative estimate of drug-likeness (QED) is 0.529. The summed E-state index contributed by atoms with van der Waals surface area (Å²) in [6.07, 6.45) is 5.38. The lowest BCUT2D eigenvalue weighted by Crippen LogP contribution is -2.34. The molecule has 0 heteroatoms. The van der Waals surface area contributed by atoms with Crippen LogP contribution in [0.2, 0.25) is 0 Å². The summed E-state index contributed by atoms with van der Waals surface area (Å²) in [7, 11) is 0. The monoisotopic (exact) mass is 240 g/mol. The summed E-state index contributed by atoms with van der Waals surface area (Å²) in [6, 6.07) is 0. The van der Waals surface area contributed by atoms with Crippen molar-refractivity contribution in [3.63, 3.8) is 0 Å². The number of rotatable bonds is 5. The Morgan fingerprint density at radius 3 is 1.59 bits per heavy atom. The van der Waals surface area contributed by atoms with Crippen molar-refractivity contribution in [3.05, 3.63) is 0 Å². The second-order valence-corrected chi connectivity index (χ2v) is 8.37. The van der Waals surface area contributed by atoms with Gasteiger partial charge in [-0.25, -0.2) is 0 Å². The normalized spacial score (nSPS) is 18.9. The zero-order valence-corrected chi connectivity index (χ0v) is 13.9. The first-order valence-corrected chi connectivity index (χ1v) is 7.44. The van der Waals surface area contributed by atoms with E-state index in [4.69, 9.17) is 0 Å². The molecule has 0 heterocycles. The summed E-state index contributed by atoms with van der Waals surface area (Å²) in [5.41, 5.74) is 1.35. The molecule has 2 atom stereocenters. The van der Waals surface area contributed by atoms with Crippen LogP contribution in [0.5, 0.6) is 0 Å². The number of hydrogen-bond donors (Lipinski definition) is 0. The fourth-order valence-corrected chi connectivity index (χ4v) is 2.39. The Hall–Kier alpha value is 0. The highest BCUT2D eigenvalue weighted by molar-refractivity contribution is 4.87. The first kappa shape index (κ1) is 17.0. The first-order valence-electron chi connectivity index (χ1n) is 7.44. The Kier molecular flexibility index (Phi) is 5.76. The predicted molar refractivity (Wildman–Crippen MR) is 80.3 cm³/mol. The lowest BCUT2D eigenvalue weighted by molar-refractivity contribution is 0.0668. The van der Waals surface area contributed by atoms with Crippen LogP contribution in [0, 0.1) is 22.2 Å². The topological polar surface area (TPSA) is 0 Å². The van der Waals surface area contributed by atoms with E-state index in [1.807, 2.05) is 0 Å². The van der Waals surface area contributed by atoms with Crippen molar-refractivity contribution < 1.29 is 0 Å². The van der Waals surface area contributed by atoms with Gasteiger partial charge in [-0.3, -0.25) is 0 Å². The van der Waals surface area contributed by atoms with Crippen LogP contribution >= 0.6 is 0 Å². The van der Waals surface area contributed by atoms with Gasteiger partial charge in [0.25, 0.3) is 0 Å². The standard InChI is InChI=1S/C17H36/c1-10-12-17(9,16(6,7)8)13-11-14(2)15(3,4)5/h14H,10-13H2,1-9H3. The molecule has 104 valence electrons. The molecule has 0 saturated heterocycles. The molecule has 0 aliphatic rings. The third-order valence-electron chi connectivity index (χ3n) is 5.22. The van der Waals surface area contributed by atoms with Crippen LogP contribution in [0.1, 0.15) is 88.0 Å². The highest BCUT2D eigenvalue weighted by atomic mass is 14.4. The molecule has 0 bridgehead atoms. The molecular formula is C17H36. The van der Waals surface area contributed by atoms with Crippen molar-refractivity contribution in [2.24, 2.45) is 22.2 Å². The highest BCUT2D eigenvalue weighted by Gasteiger charge is 2.37. The van der Waals surface area contributed by atoms with Crippen molar-refractivity contribution in [1.82, 2.24) is 0 Å². The maximum atomic E-state index is 2.49. The minimum absolute atomic E-state index is 0.417. The predicted octanol–water partition coefficient (Wildman–Crippen LogP) is 6.30. The molecule has 0 fully saturated rings. The van der Waals surface area contributed by atoms with Gasteiger partial charge in [-0.05, 0) is 41.4 Å². The Bertz CT molecular complexity index is 213. The van der Waals surface area contributed by atoms with Gasteiger partial charge in [0.2, 0.25) is 0 Å². The van der Waals surface area contributed by atoms with Crippen molar-refractivity contribution in [2.45, 2.75) is 88.0 Å². The maximum Gasteiger partial charge on any atom is -0.0277 e. The van der Waals surface area contributed by atoms with E-state index < -0.39 is 0 Å². The third-order valence-corrected chi connectivity index (χ3v) is 5.22. The van der Waals surface area contributed by atoms with Gasteiger partial charge in [0, 0.05) is 0 Å². The van der Waals surface area contributed by atoms with Crippen molar-refractivity contribution in [2.75, 3.05) is 0 Å². The summed E-state index contributed by atoms with van der Waals surface area (Å²) in [4.78, 5) is 0. The van der Waals surface area contributed by atoms with Crippen LogP contribution in [-0.4, -0.2) is 0 Å². The van der Waals surface area contributed by atoms with E-state index in [1.165, 1.54) is 25.7 Å². The molecule has 0 radical (unpaired) electrons. The van der Waals surface area contributed by atoms with Crippen LogP contribution in [0.3, 0.4) is 0 Å². The maximum absolute atomic E-state index is 2.49. The summed E-state index contributed by atoms with van der Waals surface area (Å²) < 4.78 is 0. The summed E-state index contributed by atoms with van der Waals surface area (Å²) in [5.74, 6) is 0.807. The Balaban J connectivity index is 4.59. The molecule has 0 rings (SSSR count). The van der Waals surface area contributed by atoms with Crippen LogP contribution < -0.4 is 0 Å². The van der Waals surface area contributed by atoms with Gasteiger partial charge in [0.15, 0.2) is 0 Å². The molecule has 17 heavy (non-hydrogen) atoms. The van der Waals surface area contributed by atoms with E-state index in [-0.39, 0.29) is 0 Å². The molecule has 0 N–H and O–H groups in total.